The summed E-state index contributed by atoms with van der Waals surface area (Å²) in [6, 6.07) is 16.3. The summed E-state index contributed by atoms with van der Waals surface area (Å²) < 4.78 is 21.2. The highest BCUT2D eigenvalue weighted by molar-refractivity contribution is 5.79. The molecule has 1 aliphatic rings. The number of amides is 1. The molecule has 7 heteroatoms. The number of hydrogen-bond acceptors (Lipinski definition) is 4. The van der Waals surface area contributed by atoms with Gasteiger partial charge in [0.25, 0.3) is 0 Å². The predicted octanol–water partition coefficient (Wildman–Crippen LogP) is 2.92. The molecule has 0 saturated heterocycles. The molecule has 1 aromatic heterocycles. The molecule has 1 aliphatic heterocycles. The van der Waals surface area contributed by atoms with Gasteiger partial charge < -0.3 is 10.1 Å². The van der Waals surface area contributed by atoms with Crippen molar-refractivity contribution in [3.8, 4) is 0 Å². The van der Waals surface area contributed by atoms with Gasteiger partial charge in [0.2, 0.25) is 5.91 Å². The van der Waals surface area contributed by atoms with E-state index in [1.54, 1.807) is 10.7 Å². The van der Waals surface area contributed by atoms with E-state index in [0.29, 0.717) is 39.0 Å². The van der Waals surface area contributed by atoms with Crippen LogP contribution in [0.5, 0.6) is 0 Å². The van der Waals surface area contributed by atoms with Crippen molar-refractivity contribution in [2.45, 2.75) is 38.5 Å². The predicted molar refractivity (Wildman–Crippen MR) is 110 cm³/mol. The van der Waals surface area contributed by atoms with Crippen molar-refractivity contribution < 1.29 is 13.9 Å². The third kappa shape index (κ3) is 5.51. The molecular formula is C23H25FN4O2. The van der Waals surface area contributed by atoms with Crippen LogP contribution in [0, 0.1) is 11.7 Å². The molecule has 0 spiro atoms. The second-order valence-electron chi connectivity index (χ2n) is 7.70. The quantitative estimate of drug-likeness (QED) is 0.721. The number of carbonyl (C=O) groups is 1. The number of aryl methyl sites for hydroxylation is 1. The lowest BCUT2D eigenvalue weighted by atomic mass is 9.94. The van der Waals surface area contributed by atoms with Gasteiger partial charge in [0.05, 0.1) is 25.5 Å². The molecule has 0 unspecified atom stereocenters. The van der Waals surface area contributed by atoms with Crippen molar-refractivity contribution in [1.29, 1.82) is 0 Å². The molecule has 0 radical (unpaired) electrons. The molecule has 2 aromatic carbocycles. The SMILES string of the molecule is O=C1N[C@H](Cc2ccccc2)COCc2cn(nn2)CC[C@@H]1Cc1cccc(F)c1. The van der Waals surface area contributed by atoms with Crippen molar-refractivity contribution in [2.75, 3.05) is 6.61 Å². The molecular weight excluding hydrogens is 383 g/mol. The number of rotatable bonds is 4. The fraction of sp³-hybridized carbons (Fsp3) is 0.348. The first kappa shape index (κ1) is 20.2. The summed E-state index contributed by atoms with van der Waals surface area (Å²) in [4.78, 5) is 13.2. The summed E-state index contributed by atoms with van der Waals surface area (Å²) in [5.41, 5.74) is 2.70. The number of aromatic nitrogens is 3. The van der Waals surface area contributed by atoms with Gasteiger partial charge in [-0.15, -0.1) is 5.10 Å². The van der Waals surface area contributed by atoms with E-state index in [1.807, 2.05) is 42.6 Å². The maximum Gasteiger partial charge on any atom is 0.223 e. The number of hydrogen-bond donors (Lipinski definition) is 1. The molecule has 1 amide bonds. The minimum atomic E-state index is -0.308. The largest absolute Gasteiger partial charge is 0.373 e. The van der Waals surface area contributed by atoms with Gasteiger partial charge in [-0.1, -0.05) is 47.7 Å². The first-order valence-corrected chi connectivity index (χ1v) is 10.2. The van der Waals surface area contributed by atoms with E-state index in [4.69, 9.17) is 4.74 Å². The fourth-order valence-corrected chi connectivity index (χ4v) is 3.75. The molecule has 30 heavy (non-hydrogen) atoms. The Bertz CT molecular complexity index is 976. The van der Waals surface area contributed by atoms with Crippen LogP contribution in [0.15, 0.2) is 60.8 Å². The van der Waals surface area contributed by atoms with Crippen molar-refractivity contribution in [2.24, 2.45) is 5.92 Å². The fourth-order valence-electron chi connectivity index (χ4n) is 3.75. The number of ether oxygens (including phenoxy) is 1. The molecule has 156 valence electrons. The number of halogens is 1. The van der Waals surface area contributed by atoms with Gasteiger partial charge in [-0.05, 0) is 42.5 Å². The van der Waals surface area contributed by atoms with E-state index in [9.17, 15) is 9.18 Å². The van der Waals surface area contributed by atoms with Crippen LogP contribution in [-0.2, 0) is 35.5 Å². The second kappa shape index (κ2) is 9.63. The number of carbonyl (C=O) groups excluding carboxylic acids is 1. The molecule has 4 rings (SSSR count). The van der Waals surface area contributed by atoms with Gasteiger partial charge in [0.1, 0.15) is 11.5 Å². The van der Waals surface area contributed by atoms with E-state index < -0.39 is 0 Å². The second-order valence-corrected chi connectivity index (χ2v) is 7.70. The van der Waals surface area contributed by atoms with Crippen LogP contribution in [0.25, 0.3) is 0 Å². The first-order valence-electron chi connectivity index (χ1n) is 10.2. The van der Waals surface area contributed by atoms with Gasteiger partial charge in [-0.2, -0.15) is 0 Å². The third-order valence-electron chi connectivity index (χ3n) is 5.27. The summed E-state index contributed by atoms with van der Waals surface area (Å²) in [6.07, 6.45) is 3.57. The Kier molecular flexibility index (Phi) is 6.49. The lowest BCUT2D eigenvalue weighted by Gasteiger charge is -2.23. The van der Waals surface area contributed by atoms with Gasteiger partial charge in [0, 0.05) is 12.5 Å². The molecule has 2 atom stereocenters. The Morgan fingerprint density at radius 2 is 1.93 bits per heavy atom. The monoisotopic (exact) mass is 408 g/mol. The standard InChI is InChI=1S/C23H25FN4O2/c24-20-8-4-7-18(12-20)11-19-9-10-28-14-22(26-27-28)16-30-15-21(25-23(19)29)13-17-5-2-1-3-6-17/h1-8,12,14,19,21H,9-11,13,15-16H2,(H,25,29)/t19-,21-/m1/s1. The van der Waals surface area contributed by atoms with Crippen LogP contribution in [0.2, 0.25) is 0 Å². The molecule has 0 aliphatic carbocycles. The van der Waals surface area contributed by atoms with Gasteiger partial charge in [0.15, 0.2) is 0 Å². The molecule has 0 fully saturated rings. The smallest absolute Gasteiger partial charge is 0.223 e. The van der Waals surface area contributed by atoms with Crippen LogP contribution in [-0.4, -0.2) is 33.5 Å². The van der Waals surface area contributed by atoms with Crippen molar-refractivity contribution >= 4 is 5.91 Å². The van der Waals surface area contributed by atoms with E-state index in [-0.39, 0.29) is 23.7 Å². The van der Waals surface area contributed by atoms with E-state index >= 15 is 0 Å². The maximum atomic E-state index is 13.6. The molecule has 3 aromatic rings. The average molecular weight is 408 g/mol. The number of fused-ring (bicyclic) bond motifs is 2. The molecule has 6 nitrogen and oxygen atoms in total. The average Bonchev–Trinajstić information content (AvgIpc) is 3.19. The number of nitrogens with zero attached hydrogens (tertiary/aromatic N) is 3. The summed E-state index contributed by atoms with van der Waals surface area (Å²) in [6.45, 7) is 1.29. The van der Waals surface area contributed by atoms with Gasteiger partial charge in [-0.25, -0.2) is 4.39 Å². The van der Waals surface area contributed by atoms with Gasteiger partial charge >= 0.3 is 0 Å². The van der Waals surface area contributed by atoms with E-state index in [1.165, 1.54) is 12.1 Å². The Balaban J connectivity index is 1.54. The highest BCUT2D eigenvalue weighted by Gasteiger charge is 2.24. The lowest BCUT2D eigenvalue weighted by molar-refractivity contribution is -0.126. The van der Waals surface area contributed by atoms with Crippen LogP contribution in [0.4, 0.5) is 4.39 Å². The topological polar surface area (TPSA) is 69.0 Å². The van der Waals surface area contributed by atoms with Crippen LogP contribution >= 0.6 is 0 Å². The maximum absolute atomic E-state index is 13.6. The minimum absolute atomic E-state index is 0.0512. The molecule has 0 saturated carbocycles. The first-order chi connectivity index (χ1) is 14.7. The number of nitrogens with one attached hydrogen (secondary N) is 1. The Morgan fingerprint density at radius 3 is 2.77 bits per heavy atom. The highest BCUT2D eigenvalue weighted by atomic mass is 19.1. The van der Waals surface area contributed by atoms with Crippen LogP contribution in [0.1, 0.15) is 23.2 Å². The van der Waals surface area contributed by atoms with Crippen molar-refractivity contribution in [3.05, 3.63) is 83.4 Å². The normalized spacial score (nSPS) is 20.1. The summed E-state index contributed by atoms with van der Waals surface area (Å²) in [5.74, 6) is -0.654. The van der Waals surface area contributed by atoms with Crippen molar-refractivity contribution in [1.82, 2.24) is 20.3 Å². The third-order valence-corrected chi connectivity index (χ3v) is 5.27. The summed E-state index contributed by atoms with van der Waals surface area (Å²) in [5, 5.41) is 11.4. The Hall–Kier alpha value is -3.06. The zero-order valence-corrected chi connectivity index (χ0v) is 16.7. The van der Waals surface area contributed by atoms with E-state index in [0.717, 1.165) is 16.8 Å². The molecule has 2 heterocycles. The number of benzene rings is 2. The van der Waals surface area contributed by atoms with Crippen LogP contribution < -0.4 is 5.32 Å². The van der Waals surface area contributed by atoms with Crippen LogP contribution in [0.3, 0.4) is 0 Å². The Morgan fingerprint density at radius 1 is 1.10 bits per heavy atom. The zero-order chi connectivity index (χ0) is 20.8. The van der Waals surface area contributed by atoms with Crippen molar-refractivity contribution in [3.63, 3.8) is 0 Å². The van der Waals surface area contributed by atoms with Gasteiger partial charge in [-0.3, -0.25) is 9.48 Å². The summed E-state index contributed by atoms with van der Waals surface area (Å²) in [7, 11) is 0. The molecule has 2 bridgehead atoms. The lowest BCUT2D eigenvalue weighted by Crippen LogP contribution is -2.43. The Labute approximate surface area is 175 Å². The summed E-state index contributed by atoms with van der Waals surface area (Å²) >= 11 is 0. The minimum Gasteiger partial charge on any atom is -0.373 e. The molecule has 1 N–H and O–H groups in total. The zero-order valence-electron chi connectivity index (χ0n) is 16.7. The van der Waals surface area contributed by atoms with E-state index in [2.05, 4.69) is 15.6 Å². The highest BCUT2D eigenvalue weighted by Crippen LogP contribution is 2.17.